The van der Waals surface area contributed by atoms with E-state index in [4.69, 9.17) is 10.00 Å². The SMILES string of the molecule is CC(Oc1cccc(C#N)c1)C(=O)Nc1nc(-c2ccc(S(=O)(=O)N(C)C)cc2)cs1. The average molecular weight is 457 g/mol. The first-order valence-electron chi connectivity index (χ1n) is 9.17. The summed E-state index contributed by atoms with van der Waals surface area (Å²) in [6, 6.07) is 15.0. The van der Waals surface area contributed by atoms with Gasteiger partial charge in [-0.3, -0.25) is 10.1 Å². The summed E-state index contributed by atoms with van der Waals surface area (Å²) < 4.78 is 31.1. The topological polar surface area (TPSA) is 112 Å². The molecule has 1 heterocycles. The van der Waals surface area contributed by atoms with Gasteiger partial charge in [-0.15, -0.1) is 11.3 Å². The molecule has 0 fully saturated rings. The van der Waals surface area contributed by atoms with Crippen molar-refractivity contribution in [2.45, 2.75) is 17.9 Å². The number of nitrogens with zero attached hydrogens (tertiary/aromatic N) is 3. The quantitative estimate of drug-likeness (QED) is 0.583. The lowest BCUT2D eigenvalue weighted by molar-refractivity contribution is -0.122. The third-order valence-corrected chi connectivity index (χ3v) is 6.90. The molecule has 1 amide bonds. The molecule has 0 aliphatic carbocycles. The Morgan fingerprint density at radius 2 is 1.94 bits per heavy atom. The van der Waals surface area contributed by atoms with Crippen molar-refractivity contribution in [3.63, 3.8) is 0 Å². The van der Waals surface area contributed by atoms with Gasteiger partial charge in [0.15, 0.2) is 11.2 Å². The number of hydrogen-bond acceptors (Lipinski definition) is 7. The van der Waals surface area contributed by atoms with Gasteiger partial charge in [-0.05, 0) is 37.3 Å². The fourth-order valence-electron chi connectivity index (χ4n) is 2.58. The Bertz CT molecular complexity index is 1230. The summed E-state index contributed by atoms with van der Waals surface area (Å²) in [6.45, 7) is 1.60. The zero-order valence-corrected chi connectivity index (χ0v) is 18.7. The normalized spacial score (nSPS) is 12.2. The van der Waals surface area contributed by atoms with E-state index in [1.165, 1.54) is 37.6 Å². The van der Waals surface area contributed by atoms with Crippen LogP contribution in [0.15, 0.2) is 58.8 Å². The molecule has 0 aliphatic rings. The molecule has 0 saturated heterocycles. The summed E-state index contributed by atoms with van der Waals surface area (Å²) in [5.41, 5.74) is 1.79. The van der Waals surface area contributed by atoms with Gasteiger partial charge in [0.05, 0.1) is 22.2 Å². The van der Waals surface area contributed by atoms with E-state index in [1.54, 1.807) is 48.7 Å². The van der Waals surface area contributed by atoms with E-state index in [2.05, 4.69) is 10.3 Å². The molecule has 2 aromatic carbocycles. The molecular formula is C21H20N4O4S2. The molecular weight excluding hydrogens is 436 g/mol. The molecule has 0 spiro atoms. The molecule has 0 radical (unpaired) electrons. The number of ether oxygens (including phenoxy) is 1. The van der Waals surface area contributed by atoms with Crippen LogP contribution in [0.4, 0.5) is 5.13 Å². The Labute approximate surface area is 184 Å². The predicted molar refractivity (Wildman–Crippen MR) is 118 cm³/mol. The van der Waals surface area contributed by atoms with E-state index >= 15 is 0 Å². The summed E-state index contributed by atoms with van der Waals surface area (Å²) >= 11 is 1.25. The molecule has 31 heavy (non-hydrogen) atoms. The van der Waals surface area contributed by atoms with Crippen molar-refractivity contribution in [3.8, 4) is 23.1 Å². The maximum absolute atomic E-state index is 12.4. The summed E-state index contributed by atoms with van der Waals surface area (Å²) in [5.74, 6) is 0.0463. The van der Waals surface area contributed by atoms with Crippen LogP contribution in [0.2, 0.25) is 0 Å². The Morgan fingerprint density at radius 1 is 1.23 bits per heavy atom. The van der Waals surface area contributed by atoms with Crippen LogP contribution in [-0.2, 0) is 14.8 Å². The molecule has 160 valence electrons. The van der Waals surface area contributed by atoms with Crippen LogP contribution in [0, 0.1) is 11.3 Å². The Morgan fingerprint density at radius 3 is 2.58 bits per heavy atom. The second kappa shape index (κ2) is 9.26. The van der Waals surface area contributed by atoms with Crippen LogP contribution >= 0.6 is 11.3 Å². The number of amides is 1. The third kappa shape index (κ3) is 5.27. The lowest BCUT2D eigenvalue weighted by atomic mass is 10.2. The van der Waals surface area contributed by atoms with Crippen LogP contribution < -0.4 is 10.1 Å². The molecule has 0 saturated carbocycles. The fraction of sp³-hybridized carbons (Fsp3) is 0.190. The van der Waals surface area contributed by atoms with Crippen molar-refractivity contribution in [3.05, 3.63) is 59.5 Å². The summed E-state index contributed by atoms with van der Waals surface area (Å²) in [5, 5.41) is 13.8. The van der Waals surface area contributed by atoms with Gasteiger partial charge < -0.3 is 4.74 Å². The first-order chi connectivity index (χ1) is 14.7. The number of aromatic nitrogens is 1. The van der Waals surface area contributed by atoms with Crippen LogP contribution in [0.1, 0.15) is 12.5 Å². The van der Waals surface area contributed by atoms with E-state index in [0.717, 1.165) is 9.87 Å². The van der Waals surface area contributed by atoms with Gasteiger partial charge >= 0.3 is 0 Å². The minimum Gasteiger partial charge on any atom is -0.481 e. The first-order valence-corrected chi connectivity index (χ1v) is 11.5. The van der Waals surface area contributed by atoms with Gasteiger partial charge in [0.1, 0.15) is 5.75 Å². The number of carbonyl (C=O) groups excluding carboxylic acids is 1. The molecule has 0 bridgehead atoms. The number of hydrogen-bond donors (Lipinski definition) is 1. The van der Waals surface area contributed by atoms with Gasteiger partial charge in [-0.2, -0.15) is 5.26 Å². The lowest BCUT2D eigenvalue weighted by Crippen LogP contribution is -2.30. The van der Waals surface area contributed by atoms with Crippen molar-refractivity contribution in [2.75, 3.05) is 19.4 Å². The minimum atomic E-state index is -3.50. The fourth-order valence-corrected chi connectivity index (χ4v) is 4.20. The van der Waals surface area contributed by atoms with Gasteiger partial charge in [0.25, 0.3) is 5.91 Å². The first kappa shape index (κ1) is 22.4. The van der Waals surface area contributed by atoms with E-state index in [9.17, 15) is 13.2 Å². The highest BCUT2D eigenvalue weighted by Crippen LogP contribution is 2.26. The third-order valence-electron chi connectivity index (χ3n) is 4.31. The van der Waals surface area contributed by atoms with Crippen molar-refractivity contribution in [1.82, 2.24) is 9.29 Å². The number of nitrogens with one attached hydrogen (secondary N) is 1. The summed E-state index contributed by atoms with van der Waals surface area (Å²) in [6.07, 6.45) is -0.795. The molecule has 3 rings (SSSR count). The maximum atomic E-state index is 12.4. The molecule has 1 atom stereocenters. The Hall–Kier alpha value is -3.26. The van der Waals surface area contributed by atoms with E-state index in [0.29, 0.717) is 22.1 Å². The van der Waals surface area contributed by atoms with Crippen molar-refractivity contribution in [2.24, 2.45) is 0 Å². The minimum absolute atomic E-state index is 0.191. The van der Waals surface area contributed by atoms with Crippen LogP contribution in [0.3, 0.4) is 0 Å². The number of nitriles is 1. The van der Waals surface area contributed by atoms with Crippen molar-refractivity contribution >= 4 is 32.4 Å². The standard InChI is InChI=1S/C21H20N4O4S2/c1-14(29-17-6-4-5-15(11-17)12-22)20(26)24-21-23-19(13-30-21)16-7-9-18(10-8-16)31(27,28)25(2)3/h4-11,13-14H,1-3H3,(H,23,24,26). The van der Waals surface area contributed by atoms with Gasteiger partial charge in [-0.25, -0.2) is 17.7 Å². The second-order valence-corrected chi connectivity index (χ2v) is 9.75. The molecule has 0 aliphatic heterocycles. The van der Waals surface area contributed by atoms with E-state index < -0.39 is 16.1 Å². The molecule has 1 unspecified atom stereocenters. The van der Waals surface area contributed by atoms with Crippen molar-refractivity contribution < 1.29 is 17.9 Å². The van der Waals surface area contributed by atoms with Gasteiger partial charge in [0.2, 0.25) is 10.0 Å². The molecule has 10 heteroatoms. The summed E-state index contributed by atoms with van der Waals surface area (Å²) in [7, 11) is -0.548. The highest BCUT2D eigenvalue weighted by atomic mass is 32.2. The van der Waals surface area contributed by atoms with Crippen LogP contribution in [0.5, 0.6) is 5.75 Å². The number of benzene rings is 2. The number of carbonyl (C=O) groups is 1. The number of thiazole rings is 1. The van der Waals surface area contributed by atoms with Crippen LogP contribution in [0.25, 0.3) is 11.3 Å². The largest absolute Gasteiger partial charge is 0.481 e. The smallest absolute Gasteiger partial charge is 0.266 e. The zero-order chi connectivity index (χ0) is 22.6. The zero-order valence-electron chi connectivity index (χ0n) is 17.1. The monoisotopic (exact) mass is 456 g/mol. The van der Waals surface area contributed by atoms with E-state index in [-0.39, 0.29) is 10.8 Å². The average Bonchev–Trinajstić information content (AvgIpc) is 3.22. The second-order valence-electron chi connectivity index (χ2n) is 6.74. The summed E-state index contributed by atoms with van der Waals surface area (Å²) in [4.78, 5) is 17.0. The number of sulfonamides is 1. The molecule has 1 aromatic heterocycles. The Balaban J connectivity index is 1.66. The maximum Gasteiger partial charge on any atom is 0.266 e. The molecule has 1 N–H and O–H groups in total. The Kier molecular flexibility index (Phi) is 6.70. The van der Waals surface area contributed by atoms with Crippen LogP contribution in [-0.4, -0.2) is 43.8 Å². The van der Waals surface area contributed by atoms with E-state index in [1.807, 2.05) is 6.07 Å². The predicted octanol–water partition coefficient (Wildman–Crippen LogP) is 3.34. The van der Waals surface area contributed by atoms with Gasteiger partial charge in [0, 0.05) is 25.0 Å². The number of anilines is 1. The molecule has 3 aromatic rings. The molecule has 8 nitrogen and oxygen atoms in total. The lowest BCUT2D eigenvalue weighted by Gasteiger charge is -2.13. The van der Waals surface area contributed by atoms with Crippen molar-refractivity contribution in [1.29, 1.82) is 5.26 Å². The number of rotatable bonds is 7. The highest BCUT2D eigenvalue weighted by Gasteiger charge is 2.19. The van der Waals surface area contributed by atoms with Gasteiger partial charge in [-0.1, -0.05) is 18.2 Å². The highest BCUT2D eigenvalue weighted by molar-refractivity contribution is 7.89.